The molecule has 1 amide bonds. The molecule has 21 heavy (non-hydrogen) atoms. The van der Waals surface area contributed by atoms with Crippen molar-refractivity contribution in [3.63, 3.8) is 0 Å². The van der Waals surface area contributed by atoms with E-state index in [0.717, 1.165) is 6.07 Å². The predicted octanol–water partition coefficient (Wildman–Crippen LogP) is 3.24. The van der Waals surface area contributed by atoms with Crippen molar-refractivity contribution in [2.45, 2.75) is 0 Å². The first-order valence-electron chi connectivity index (χ1n) is 5.72. The van der Waals surface area contributed by atoms with Gasteiger partial charge in [-0.1, -0.05) is 6.07 Å². The number of benzene rings is 2. The Balaban J connectivity index is 2.34. The molecule has 5 nitrogen and oxygen atoms in total. The molecule has 0 fully saturated rings. The van der Waals surface area contributed by atoms with Gasteiger partial charge in [0.15, 0.2) is 5.75 Å². The van der Waals surface area contributed by atoms with E-state index in [1.807, 2.05) is 0 Å². The van der Waals surface area contributed by atoms with Gasteiger partial charge in [0.25, 0.3) is 5.91 Å². The quantitative estimate of drug-likeness (QED) is 0.739. The molecule has 2 aromatic carbocycles. The summed E-state index contributed by atoms with van der Waals surface area (Å²) in [5.41, 5.74) is -0.391. The maximum absolute atomic E-state index is 13.2. The molecule has 0 aliphatic heterocycles. The predicted molar refractivity (Wildman–Crippen MR) is 77.1 cm³/mol. The summed E-state index contributed by atoms with van der Waals surface area (Å²) >= 11 is 3.12. The van der Waals surface area contributed by atoms with Crippen molar-refractivity contribution in [3.8, 4) is 5.75 Å². The molecule has 0 bridgehead atoms. The van der Waals surface area contributed by atoms with Crippen LogP contribution in [0.3, 0.4) is 0 Å². The average molecular weight is 354 g/mol. The van der Waals surface area contributed by atoms with Gasteiger partial charge in [-0.15, -0.1) is 0 Å². The molecule has 0 saturated carbocycles. The molecule has 0 saturated heterocycles. The summed E-state index contributed by atoms with van der Waals surface area (Å²) in [5.74, 6) is -3.16. The fraction of sp³-hybridized carbons (Fsp3) is 0. The van der Waals surface area contributed by atoms with Crippen molar-refractivity contribution in [1.82, 2.24) is 0 Å². The Morgan fingerprint density at radius 3 is 2.52 bits per heavy atom. The standard InChI is InChI=1S/C14H9BrFNO4/c15-10-5-4-7(16)6-9(10)13(19)17-11-3-1-2-8(12(11)18)14(20)21/h1-6,18H,(H,17,19)(H,20,21). The lowest BCUT2D eigenvalue weighted by atomic mass is 10.1. The van der Waals surface area contributed by atoms with Crippen LogP contribution in [0.2, 0.25) is 0 Å². The Hall–Kier alpha value is -2.41. The highest BCUT2D eigenvalue weighted by Gasteiger charge is 2.17. The fourth-order valence-electron chi connectivity index (χ4n) is 1.68. The highest BCUT2D eigenvalue weighted by atomic mass is 79.9. The van der Waals surface area contributed by atoms with E-state index >= 15 is 0 Å². The molecule has 0 heterocycles. The van der Waals surface area contributed by atoms with Gasteiger partial charge in [0.1, 0.15) is 11.4 Å². The van der Waals surface area contributed by atoms with Crippen LogP contribution in [0, 0.1) is 5.82 Å². The molecule has 3 N–H and O–H groups in total. The number of hydrogen-bond donors (Lipinski definition) is 3. The monoisotopic (exact) mass is 353 g/mol. The number of halogens is 2. The molecule has 0 aliphatic rings. The third kappa shape index (κ3) is 3.19. The summed E-state index contributed by atoms with van der Waals surface area (Å²) in [6.45, 7) is 0. The van der Waals surface area contributed by atoms with Crippen molar-refractivity contribution in [2.24, 2.45) is 0 Å². The first-order chi connectivity index (χ1) is 9.90. The molecule has 0 aliphatic carbocycles. The lowest BCUT2D eigenvalue weighted by Crippen LogP contribution is -2.13. The van der Waals surface area contributed by atoms with Gasteiger partial charge < -0.3 is 15.5 Å². The highest BCUT2D eigenvalue weighted by molar-refractivity contribution is 9.10. The maximum atomic E-state index is 13.2. The largest absolute Gasteiger partial charge is 0.505 e. The van der Waals surface area contributed by atoms with E-state index in [9.17, 15) is 19.1 Å². The summed E-state index contributed by atoms with van der Waals surface area (Å²) in [5, 5.41) is 21.0. The Bertz CT molecular complexity index is 733. The van der Waals surface area contributed by atoms with E-state index in [-0.39, 0.29) is 16.8 Å². The van der Waals surface area contributed by atoms with E-state index in [0.29, 0.717) is 4.47 Å². The number of amides is 1. The number of rotatable bonds is 3. The third-order valence-corrected chi connectivity index (χ3v) is 3.38. The fourth-order valence-corrected chi connectivity index (χ4v) is 2.10. The van der Waals surface area contributed by atoms with Gasteiger partial charge in [0, 0.05) is 4.47 Å². The summed E-state index contributed by atoms with van der Waals surface area (Å²) in [6, 6.07) is 7.50. The van der Waals surface area contributed by atoms with E-state index in [2.05, 4.69) is 21.2 Å². The van der Waals surface area contributed by atoms with Gasteiger partial charge in [0.05, 0.1) is 11.3 Å². The van der Waals surface area contributed by atoms with Crippen LogP contribution >= 0.6 is 15.9 Å². The SMILES string of the molecule is O=C(Nc1cccc(C(=O)O)c1O)c1cc(F)ccc1Br. The number of phenols is 1. The summed E-state index contributed by atoms with van der Waals surface area (Å²) in [7, 11) is 0. The number of nitrogens with one attached hydrogen (secondary N) is 1. The van der Waals surface area contributed by atoms with Crippen molar-refractivity contribution in [3.05, 3.63) is 57.8 Å². The first kappa shape index (κ1) is 15.0. The van der Waals surface area contributed by atoms with E-state index in [4.69, 9.17) is 5.11 Å². The van der Waals surface area contributed by atoms with Crippen LogP contribution in [-0.2, 0) is 0 Å². The van der Waals surface area contributed by atoms with Crippen molar-refractivity contribution in [1.29, 1.82) is 0 Å². The topological polar surface area (TPSA) is 86.6 Å². The zero-order chi connectivity index (χ0) is 15.6. The lowest BCUT2D eigenvalue weighted by molar-refractivity contribution is 0.0693. The van der Waals surface area contributed by atoms with E-state index in [1.165, 1.54) is 30.3 Å². The van der Waals surface area contributed by atoms with Crippen LogP contribution in [0.4, 0.5) is 10.1 Å². The normalized spacial score (nSPS) is 10.2. The van der Waals surface area contributed by atoms with Gasteiger partial charge >= 0.3 is 5.97 Å². The summed E-state index contributed by atoms with van der Waals surface area (Å²) in [6.07, 6.45) is 0. The van der Waals surface area contributed by atoms with Crippen LogP contribution in [0.25, 0.3) is 0 Å². The Morgan fingerprint density at radius 1 is 1.14 bits per heavy atom. The number of carbonyl (C=O) groups excluding carboxylic acids is 1. The molecule has 108 valence electrons. The number of anilines is 1. The number of hydrogen-bond acceptors (Lipinski definition) is 3. The number of aromatic hydroxyl groups is 1. The van der Waals surface area contributed by atoms with Crippen molar-refractivity contribution >= 4 is 33.5 Å². The molecule has 2 rings (SSSR count). The molecular weight excluding hydrogens is 345 g/mol. The Kier molecular flexibility index (Phi) is 4.23. The van der Waals surface area contributed by atoms with Crippen molar-refractivity contribution in [2.75, 3.05) is 5.32 Å². The number of carboxylic acid groups (broad SMARTS) is 1. The van der Waals surface area contributed by atoms with Crippen LogP contribution in [-0.4, -0.2) is 22.1 Å². The van der Waals surface area contributed by atoms with Crippen LogP contribution < -0.4 is 5.32 Å². The number of carbonyl (C=O) groups is 2. The maximum Gasteiger partial charge on any atom is 0.339 e. The lowest BCUT2D eigenvalue weighted by Gasteiger charge is -2.10. The van der Waals surface area contributed by atoms with Crippen LogP contribution in [0.15, 0.2) is 40.9 Å². The molecular formula is C14H9BrFNO4. The van der Waals surface area contributed by atoms with Gasteiger partial charge in [0.2, 0.25) is 0 Å². The molecule has 0 spiro atoms. The molecule has 0 atom stereocenters. The van der Waals surface area contributed by atoms with Gasteiger partial charge in [-0.3, -0.25) is 4.79 Å². The first-order valence-corrected chi connectivity index (χ1v) is 6.51. The van der Waals surface area contributed by atoms with Crippen LogP contribution in [0.1, 0.15) is 20.7 Å². The Labute approximate surface area is 127 Å². The molecule has 0 radical (unpaired) electrons. The molecule has 7 heteroatoms. The minimum absolute atomic E-state index is 0.0233. The summed E-state index contributed by atoms with van der Waals surface area (Å²) < 4.78 is 13.5. The van der Waals surface area contributed by atoms with Crippen LogP contribution in [0.5, 0.6) is 5.75 Å². The highest BCUT2D eigenvalue weighted by Crippen LogP contribution is 2.28. The van der Waals surface area contributed by atoms with E-state index < -0.39 is 23.4 Å². The minimum atomic E-state index is -1.32. The van der Waals surface area contributed by atoms with Gasteiger partial charge in [-0.05, 0) is 46.3 Å². The number of carboxylic acids is 1. The smallest absolute Gasteiger partial charge is 0.339 e. The zero-order valence-electron chi connectivity index (χ0n) is 10.4. The molecule has 2 aromatic rings. The Morgan fingerprint density at radius 2 is 1.86 bits per heavy atom. The molecule has 0 unspecified atom stereocenters. The second-order valence-corrected chi connectivity index (χ2v) is 4.94. The second kappa shape index (κ2) is 5.92. The van der Waals surface area contributed by atoms with Gasteiger partial charge in [-0.2, -0.15) is 0 Å². The average Bonchev–Trinajstić information content (AvgIpc) is 2.43. The molecule has 0 aromatic heterocycles. The zero-order valence-corrected chi connectivity index (χ0v) is 12.0. The number of para-hydroxylation sites is 1. The summed E-state index contributed by atoms with van der Waals surface area (Å²) in [4.78, 5) is 23.0. The van der Waals surface area contributed by atoms with Gasteiger partial charge in [-0.25, -0.2) is 9.18 Å². The minimum Gasteiger partial charge on any atom is -0.505 e. The third-order valence-electron chi connectivity index (χ3n) is 2.69. The van der Waals surface area contributed by atoms with Crippen molar-refractivity contribution < 1.29 is 24.2 Å². The second-order valence-electron chi connectivity index (χ2n) is 4.09. The number of aromatic carboxylic acids is 1. The van der Waals surface area contributed by atoms with E-state index in [1.54, 1.807) is 0 Å².